The Labute approximate surface area is 152 Å². The van der Waals surface area contributed by atoms with Crippen molar-refractivity contribution in [3.63, 3.8) is 0 Å². The number of pyridine rings is 1. The van der Waals surface area contributed by atoms with Crippen LogP contribution in [0, 0.1) is 0 Å². The number of rotatable bonds is 5. The summed E-state index contributed by atoms with van der Waals surface area (Å²) in [7, 11) is 0. The first-order chi connectivity index (χ1) is 12.8. The summed E-state index contributed by atoms with van der Waals surface area (Å²) in [4.78, 5) is 13.5. The first kappa shape index (κ1) is 16.4. The SMILES string of the molecule is CCOc1cccc(N2CCN(c3noc(-c4ccccc4)n3)CC2)n1. The molecule has 1 saturated heterocycles. The lowest BCUT2D eigenvalue weighted by Crippen LogP contribution is -2.47. The number of ether oxygens (including phenoxy) is 1. The van der Waals surface area contributed by atoms with Crippen LogP contribution in [0.1, 0.15) is 6.92 Å². The highest BCUT2D eigenvalue weighted by Crippen LogP contribution is 2.22. The Hall–Kier alpha value is -3.09. The highest BCUT2D eigenvalue weighted by molar-refractivity contribution is 5.54. The molecule has 0 bridgehead atoms. The number of piperazine rings is 1. The quantitative estimate of drug-likeness (QED) is 0.700. The average Bonchev–Trinajstić information content (AvgIpc) is 3.20. The van der Waals surface area contributed by atoms with Crippen LogP contribution in [0.25, 0.3) is 11.5 Å². The van der Waals surface area contributed by atoms with Gasteiger partial charge in [-0.2, -0.15) is 9.97 Å². The van der Waals surface area contributed by atoms with E-state index >= 15 is 0 Å². The van der Waals surface area contributed by atoms with Gasteiger partial charge in [0, 0.05) is 37.8 Å². The van der Waals surface area contributed by atoms with Crippen LogP contribution in [-0.4, -0.2) is 47.9 Å². The van der Waals surface area contributed by atoms with E-state index in [4.69, 9.17) is 9.26 Å². The summed E-state index contributed by atoms with van der Waals surface area (Å²) >= 11 is 0. The van der Waals surface area contributed by atoms with E-state index in [1.165, 1.54) is 0 Å². The highest BCUT2D eigenvalue weighted by atomic mass is 16.5. The predicted octanol–water partition coefficient (Wildman–Crippen LogP) is 2.86. The molecule has 7 heteroatoms. The summed E-state index contributed by atoms with van der Waals surface area (Å²) in [6.07, 6.45) is 0. The second-order valence-corrected chi connectivity index (χ2v) is 6.01. The van der Waals surface area contributed by atoms with Crippen LogP contribution in [0.2, 0.25) is 0 Å². The molecule has 1 fully saturated rings. The van der Waals surface area contributed by atoms with Crippen molar-refractivity contribution in [2.45, 2.75) is 6.92 Å². The molecule has 134 valence electrons. The Bertz CT molecular complexity index is 844. The first-order valence-corrected chi connectivity index (χ1v) is 8.82. The molecular weight excluding hydrogens is 330 g/mol. The van der Waals surface area contributed by atoms with Crippen molar-refractivity contribution in [2.75, 3.05) is 42.6 Å². The average molecular weight is 351 g/mol. The maximum Gasteiger partial charge on any atom is 0.266 e. The molecule has 0 atom stereocenters. The van der Waals surface area contributed by atoms with Crippen LogP contribution in [-0.2, 0) is 0 Å². The molecule has 0 saturated carbocycles. The van der Waals surface area contributed by atoms with E-state index in [0.29, 0.717) is 24.3 Å². The molecular formula is C19H21N5O2. The number of nitrogens with zero attached hydrogens (tertiary/aromatic N) is 5. The lowest BCUT2D eigenvalue weighted by molar-refractivity contribution is 0.327. The fourth-order valence-electron chi connectivity index (χ4n) is 2.99. The van der Waals surface area contributed by atoms with Crippen LogP contribution in [0.15, 0.2) is 53.1 Å². The highest BCUT2D eigenvalue weighted by Gasteiger charge is 2.22. The number of benzene rings is 1. The van der Waals surface area contributed by atoms with Gasteiger partial charge in [-0.15, -0.1) is 0 Å². The molecule has 1 aromatic carbocycles. The van der Waals surface area contributed by atoms with E-state index in [9.17, 15) is 0 Å². The van der Waals surface area contributed by atoms with Gasteiger partial charge in [0.1, 0.15) is 5.82 Å². The second kappa shape index (κ2) is 7.43. The molecule has 3 heterocycles. The minimum absolute atomic E-state index is 0.550. The molecule has 0 unspecified atom stereocenters. The van der Waals surface area contributed by atoms with Gasteiger partial charge in [-0.05, 0) is 30.3 Å². The fourth-order valence-corrected chi connectivity index (χ4v) is 2.99. The zero-order valence-electron chi connectivity index (χ0n) is 14.7. The molecule has 2 aromatic heterocycles. The van der Waals surface area contributed by atoms with Crippen LogP contribution in [0.4, 0.5) is 11.8 Å². The zero-order chi connectivity index (χ0) is 17.8. The summed E-state index contributed by atoms with van der Waals surface area (Å²) < 4.78 is 10.9. The lowest BCUT2D eigenvalue weighted by atomic mass is 10.2. The molecule has 0 amide bonds. The van der Waals surface area contributed by atoms with E-state index in [1.807, 2.05) is 55.5 Å². The number of hydrogen-bond acceptors (Lipinski definition) is 7. The van der Waals surface area contributed by atoms with Gasteiger partial charge in [-0.3, -0.25) is 0 Å². The topological polar surface area (TPSA) is 67.5 Å². The van der Waals surface area contributed by atoms with Gasteiger partial charge in [0.15, 0.2) is 0 Å². The van der Waals surface area contributed by atoms with Crippen molar-refractivity contribution in [1.82, 2.24) is 15.1 Å². The summed E-state index contributed by atoms with van der Waals surface area (Å²) in [5.74, 6) is 2.79. The van der Waals surface area contributed by atoms with Crippen LogP contribution in [0.3, 0.4) is 0 Å². The third-order valence-electron chi connectivity index (χ3n) is 4.32. The third-order valence-corrected chi connectivity index (χ3v) is 4.32. The third kappa shape index (κ3) is 3.46. The summed E-state index contributed by atoms with van der Waals surface area (Å²) in [6, 6.07) is 15.7. The number of aromatic nitrogens is 3. The summed E-state index contributed by atoms with van der Waals surface area (Å²) in [6.45, 7) is 5.89. The van der Waals surface area contributed by atoms with Crippen molar-refractivity contribution < 1.29 is 9.26 Å². The molecule has 7 nitrogen and oxygen atoms in total. The monoisotopic (exact) mass is 351 g/mol. The molecule has 26 heavy (non-hydrogen) atoms. The Morgan fingerprint density at radius 1 is 0.923 bits per heavy atom. The number of anilines is 2. The fraction of sp³-hybridized carbons (Fsp3) is 0.316. The van der Waals surface area contributed by atoms with E-state index in [0.717, 1.165) is 37.6 Å². The normalized spacial score (nSPS) is 14.5. The van der Waals surface area contributed by atoms with Gasteiger partial charge in [0.2, 0.25) is 5.88 Å². The van der Waals surface area contributed by atoms with Crippen molar-refractivity contribution >= 4 is 11.8 Å². The summed E-state index contributed by atoms with van der Waals surface area (Å²) in [5.41, 5.74) is 0.932. The minimum Gasteiger partial charge on any atom is -0.478 e. The van der Waals surface area contributed by atoms with Crippen LogP contribution in [0.5, 0.6) is 5.88 Å². The first-order valence-electron chi connectivity index (χ1n) is 8.82. The van der Waals surface area contributed by atoms with Gasteiger partial charge in [-0.1, -0.05) is 24.3 Å². The van der Waals surface area contributed by atoms with Crippen LogP contribution < -0.4 is 14.5 Å². The van der Waals surface area contributed by atoms with Gasteiger partial charge in [0.05, 0.1) is 6.61 Å². The Kier molecular flexibility index (Phi) is 4.68. The molecule has 1 aliphatic heterocycles. The van der Waals surface area contributed by atoms with Gasteiger partial charge in [0.25, 0.3) is 11.8 Å². The zero-order valence-corrected chi connectivity index (χ0v) is 14.7. The second-order valence-electron chi connectivity index (χ2n) is 6.01. The molecule has 0 radical (unpaired) electrons. The van der Waals surface area contributed by atoms with Gasteiger partial charge < -0.3 is 19.1 Å². The smallest absolute Gasteiger partial charge is 0.266 e. The molecule has 4 rings (SSSR count). The lowest BCUT2D eigenvalue weighted by Gasteiger charge is -2.34. The van der Waals surface area contributed by atoms with Gasteiger partial charge >= 0.3 is 0 Å². The number of hydrogen-bond donors (Lipinski definition) is 0. The molecule has 0 aliphatic carbocycles. The van der Waals surface area contributed by atoms with Crippen molar-refractivity contribution in [3.8, 4) is 17.3 Å². The van der Waals surface area contributed by atoms with Gasteiger partial charge in [-0.25, -0.2) is 0 Å². The van der Waals surface area contributed by atoms with E-state index in [-0.39, 0.29) is 0 Å². The molecule has 0 N–H and O–H groups in total. The maximum atomic E-state index is 5.49. The van der Waals surface area contributed by atoms with Crippen molar-refractivity contribution in [3.05, 3.63) is 48.5 Å². The molecule has 1 aliphatic rings. The Morgan fingerprint density at radius 2 is 1.69 bits per heavy atom. The summed E-state index contributed by atoms with van der Waals surface area (Å²) in [5, 5.41) is 4.14. The molecule has 0 spiro atoms. The van der Waals surface area contributed by atoms with Crippen molar-refractivity contribution in [1.29, 1.82) is 0 Å². The Balaban J connectivity index is 1.41. The maximum absolute atomic E-state index is 5.49. The Morgan fingerprint density at radius 3 is 2.46 bits per heavy atom. The van der Waals surface area contributed by atoms with E-state index in [1.54, 1.807) is 0 Å². The van der Waals surface area contributed by atoms with Crippen LogP contribution >= 0.6 is 0 Å². The standard InChI is InChI=1S/C19H21N5O2/c1-2-25-17-10-6-9-16(20-17)23-11-13-24(14-12-23)19-21-18(26-22-19)15-7-4-3-5-8-15/h3-10H,2,11-14H2,1H3. The largest absolute Gasteiger partial charge is 0.478 e. The predicted molar refractivity (Wildman–Crippen MR) is 99.6 cm³/mol. The van der Waals surface area contributed by atoms with E-state index in [2.05, 4.69) is 24.9 Å². The molecule has 3 aromatic rings. The van der Waals surface area contributed by atoms with E-state index < -0.39 is 0 Å². The minimum atomic E-state index is 0.550. The van der Waals surface area contributed by atoms with Crippen molar-refractivity contribution in [2.24, 2.45) is 0 Å².